The number of morpholine rings is 1. The first kappa shape index (κ1) is 23.8. The summed E-state index contributed by atoms with van der Waals surface area (Å²) in [4.78, 5) is 24.7. The highest BCUT2D eigenvalue weighted by Gasteiger charge is 2.55. The number of amides is 1. The van der Waals surface area contributed by atoms with Gasteiger partial charge in [-0.15, -0.1) is 0 Å². The van der Waals surface area contributed by atoms with E-state index in [-0.39, 0.29) is 32.0 Å². The average Bonchev–Trinajstić information content (AvgIpc) is 3.71. The average molecular weight is 502 g/mol. The third-order valence-corrected chi connectivity index (χ3v) is 10.4. The van der Waals surface area contributed by atoms with E-state index in [0.29, 0.717) is 55.6 Å². The Bertz CT molecular complexity index is 1210. The summed E-state index contributed by atoms with van der Waals surface area (Å²) in [6.07, 6.45) is 0.588. The lowest BCUT2D eigenvalue weighted by Gasteiger charge is -2.41. The Morgan fingerprint density at radius 3 is 2.43 bits per heavy atom. The summed E-state index contributed by atoms with van der Waals surface area (Å²) in [5, 5.41) is 9.08. The second-order valence-corrected chi connectivity index (χ2v) is 12.2. The van der Waals surface area contributed by atoms with Gasteiger partial charge in [-0.25, -0.2) is 23.2 Å². The summed E-state index contributed by atoms with van der Waals surface area (Å²) in [7, 11) is -3.59. The lowest BCUT2D eigenvalue weighted by atomic mass is 9.91. The normalized spacial score (nSPS) is 22.7. The minimum absolute atomic E-state index is 0.0654. The fourth-order valence-corrected chi connectivity index (χ4v) is 7.63. The number of piperidine rings is 1. The number of likely N-dealkylation sites (tertiary alicyclic amines) is 1. The summed E-state index contributed by atoms with van der Waals surface area (Å²) in [6, 6.07) is 9.07. The largest absolute Gasteiger partial charge is 0.465 e. The van der Waals surface area contributed by atoms with Crippen LogP contribution in [0.2, 0.25) is 0 Å². The Morgan fingerprint density at radius 2 is 1.83 bits per heavy atom. The highest BCUT2D eigenvalue weighted by Crippen LogP contribution is 2.48. The maximum Gasteiger partial charge on any atom is 0.407 e. The van der Waals surface area contributed by atoms with Crippen LogP contribution < -0.4 is 10.6 Å². The van der Waals surface area contributed by atoms with Gasteiger partial charge in [-0.05, 0) is 56.9 Å². The molecule has 2 aliphatic heterocycles. The van der Waals surface area contributed by atoms with Gasteiger partial charge in [0.05, 0.1) is 30.2 Å². The van der Waals surface area contributed by atoms with Crippen molar-refractivity contribution in [3.8, 4) is 11.4 Å². The van der Waals surface area contributed by atoms with Crippen molar-refractivity contribution in [3.63, 3.8) is 0 Å². The summed E-state index contributed by atoms with van der Waals surface area (Å²) in [5.41, 5.74) is 7.68. The molecule has 3 fully saturated rings. The zero-order chi connectivity index (χ0) is 24.8. The van der Waals surface area contributed by atoms with Crippen LogP contribution in [0.3, 0.4) is 0 Å². The van der Waals surface area contributed by atoms with Crippen molar-refractivity contribution in [2.75, 3.05) is 43.5 Å². The molecule has 3 N–H and O–H groups in total. The molecule has 0 spiro atoms. The van der Waals surface area contributed by atoms with Crippen molar-refractivity contribution >= 4 is 27.4 Å². The molecule has 11 heteroatoms. The first-order valence-electron chi connectivity index (χ1n) is 12.0. The van der Waals surface area contributed by atoms with Crippen LogP contribution in [0.15, 0.2) is 30.3 Å². The summed E-state index contributed by atoms with van der Waals surface area (Å²) < 4.78 is 32.2. The highest BCUT2D eigenvalue weighted by molar-refractivity contribution is 7.93. The van der Waals surface area contributed by atoms with Crippen LogP contribution in [0.1, 0.15) is 38.3 Å². The third kappa shape index (κ3) is 4.31. The number of benzene rings is 1. The molecule has 1 atom stereocenters. The van der Waals surface area contributed by atoms with Gasteiger partial charge in [0.15, 0.2) is 15.7 Å². The van der Waals surface area contributed by atoms with E-state index in [1.165, 1.54) is 4.90 Å². The number of nitrogens with zero attached hydrogens (tertiary/aromatic N) is 4. The molecule has 1 saturated carbocycles. The molecule has 1 amide bonds. The van der Waals surface area contributed by atoms with Gasteiger partial charge in [0, 0.05) is 37.0 Å². The number of sulfone groups is 1. The number of rotatable bonds is 5. The van der Waals surface area contributed by atoms with Gasteiger partial charge in [-0.1, -0.05) is 0 Å². The molecule has 2 aromatic rings. The van der Waals surface area contributed by atoms with E-state index in [1.54, 1.807) is 18.2 Å². The zero-order valence-electron chi connectivity index (χ0n) is 19.8. The number of aromatic nitrogens is 2. The maximum atomic E-state index is 13.9. The van der Waals surface area contributed by atoms with Gasteiger partial charge in [0.1, 0.15) is 10.6 Å². The van der Waals surface area contributed by atoms with Crippen LogP contribution in [0.25, 0.3) is 11.4 Å². The van der Waals surface area contributed by atoms with E-state index in [0.717, 1.165) is 5.56 Å². The Morgan fingerprint density at radius 1 is 1.14 bits per heavy atom. The van der Waals surface area contributed by atoms with Crippen LogP contribution in [-0.2, 0) is 19.3 Å². The predicted molar refractivity (Wildman–Crippen MR) is 132 cm³/mol. The van der Waals surface area contributed by atoms with E-state index >= 15 is 0 Å². The smallest absolute Gasteiger partial charge is 0.407 e. The number of nitrogen functional groups attached to an aromatic ring is 1. The van der Waals surface area contributed by atoms with Crippen molar-refractivity contribution in [1.82, 2.24) is 14.9 Å². The molecule has 0 unspecified atom stereocenters. The van der Waals surface area contributed by atoms with Crippen molar-refractivity contribution in [1.29, 1.82) is 0 Å². The molecule has 3 heterocycles. The topological polar surface area (TPSA) is 139 Å². The van der Waals surface area contributed by atoms with Crippen molar-refractivity contribution < 1.29 is 23.1 Å². The van der Waals surface area contributed by atoms with Gasteiger partial charge in [-0.2, -0.15) is 0 Å². The van der Waals surface area contributed by atoms with Crippen LogP contribution in [0.4, 0.5) is 16.3 Å². The van der Waals surface area contributed by atoms with E-state index in [1.807, 2.05) is 19.1 Å². The van der Waals surface area contributed by atoms with Crippen LogP contribution in [0.5, 0.6) is 0 Å². The maximum absolute atomic E-state index is 13.9. The van der Waals surface area contributed by atoms with Crippen LogP contribution in [0, 0.1) is 0 Å². The molecule has 5 rings (SSSR count). The number of carboxylic acid groups (broad SMARTS) is 1. The van der Waals surface area contributed by atoms with Crippen molar-refractivity contribution in [2.45, 2.75) is 48.6 Å². The molecule has 35 heavy (non-hydrogen) atoms. The van der Waals surface area contributed by atoms with E-state index in [9.17, 15) is 18.3 Å². The molecular weight excluding hydrogens is 470 g/mol. The van der Waals surface area contributed by atoms with Gasteiger partial charge >= 0.3 is 6.09 Å². The van der Waals surface area contributed by atoms with Crippen molar-refractivity contribution in [3.05, 3.63) is 36.0 Å². The van der Waals surface area contributed by atoms with E-state index < -0.39 is 25.9 Å². The van der Waals surface area contributed by atoms with Crippen LogP contribution in [-0.4, -0.2) is 78.6 Å². The predicted octanol–water partition coefficient (Wildman–Crippen LogP) is 2.50. The SMILES string of the molecule is C[C@H]1COCCN1c1cc(C2(S(=O)(=O)C3CC3)CCN(C(=O)O)CC2)nc(-c2ccc(N)cc2)n1. The molecule has 0 radical (unpaired) electrons. The molecule has 2 saturated heterocycles. The Labute approximate surface area is 205 Å². The number of carbonyl (C=O) groups is 1. The molecular formula is C24H31N5O5S. The van der Waals surface area contributed by atoms with Crippen molar-refractivity contribution in [2.24, 2.45) is 0 Å². The Balaban J connectivity index is 1.66. The minimum atomic E-state index is -3.59. The molecule has 10 nitrogen and oxygen atoms in total. The third-order valence-electron chi connectivity index (χ3n) is 7.36. The number of nitrogens with two attached hydrogens (primary N) is 1. The number of hydrogen-bond acceptors (Lipinski definition) is 8. The second-order valence-electron chi connectivity index (χ2n) is 9.68. The standard InChI is InChI=1S/C24H31N5O5S/c1-16-15-34-13-12-29(16)21-14-20(26-22(27-21)17-2-4-18(25)5-3-17)24(35(32,33)19-6-7-19)8-10-28(11-9-24)23(30)31/h2-5,14,16,19H,6-13,15,25H2,1H3,(H,30,31)/t16-/m0/s1. The molecule has 1 aromatic carbocycles. The molecule has 1 aromatic heterocycles. The van der Waals surface area contributed by atoms with Crippen LogP contribution >= 0.6 is 0 Å². The number of anilines is 2. The van der Waals surface area contributed by atoms with Gasteiger partial charge < -0.3 is 25.4 Å². The molecule has 0 bridgehead atoms. The minimum Gasteiger partial charge on any atom is -0.465 e. The van der Waals surface area contributed by atoms with E-state index in [2.05, 4.69) is 4.90 Å². The zero-order valence-corrected chi connectivity index (χ0v) is 20.6. The number of ether oxygens (including phenoxy) is 1. The Kier molecular flexibility index (Phi) is 6.08. The monoisotopic (exact) mass is 501 g/mol. The first-order chi connectivity index (χ1) is 16.7. The lowest BCUT2D eigenvalue weighted by Crippen LogP contribution is -2.50. The fourth-order valence-electron chi connectivity index (χ4n) is 5.09. The van der Waals surface area contributed by atoms with Gasteiger partial charge in [0.25, 0.3) is 0 Å². The summed E-state index contributed by atoms with van der Waals surface area (Å²) in [5.74, 6) is 1.09. The van der Waals surface area contributed by atoms with Gasteiger partial charge in [0.2, 0.25) is 0 Å². The lowest BCUT2D eigenvalue weighted by molar-refractivity contribution is 0.0985. The van der Waals surface area contributed by atoms with E-state index in [4.69, 9.17) is 20.4 Å². The van der Waals surface area contributed by atoms with Gasteiger partial charge in [-0.3, -0.25) is 0 Å². The fraction of sp³-hybridized carbons (Fsp3) is 0.542. The molecule has 1 aliphatic carbocycles. The number of hydrogen-bond donors (Lipinski definition) is 2. The molecule has 188 valence electrons. The Hall–Kier alpha value is -2.92. The summed E-state index contributed by atoms with van der Waals surface area (Å²) >= 11 is 0. The second kappa shape index (κ2) is 8.94. The quantitative estimate of drug-likeness (QED) is 0.592. The first-order valence-corrected chi connectivity index (χ1v) is 13.6. The highest BCUT2D eigenvalue weighted by atomic mass is 32.2. The summed E-state index contributed by atoms with van der Waals surface area (Å²) in [6.45, 7) is 4.08. The molecule has 3 aliphatic rings.